The fourth-order valence-corrected chi connectivity index (χ4v) is 1.49. The van der Waals surface area contributed by atoms with Gasteiger partial charge in [-0.05, 0) is 23.8 Å². The van der Waals surface area contributed by atoms with Gasteiger partial charge in [0.25, 0.3) is 0 Å². The molecule has 3 N–H and O–H groups in total. The first-order valence-electron chi connectivity index (χ1n) is 6.51. The van der Waals surface area contributed by atoms with E-state index in [4.69, 9.17) is 9.47 Å². The average Bonchev–Trinajstić information content (AvgIpc) is 2.49. The van der Waals surface area contributed by atoms with E-state index in [9.17, 15) is 14.7 Å². The number of hydrogen-bond acceptors (Lipinski definition) is 6. The first kappa shape index (κ1) is 17.4. The molecule has 120 valence electrons. The number of benzene rings is 1. The number of methoxy groups -OCH3 is 2. The first-order valence-corrected chi connectivity index (χ1v) is 6.51. The van der Waals surface area contributed by atoms with Crippen molar-refractivity contribution in [2.45, 2.75) is 6.42 Å². The summed E-state index contributed by atoms with van der Waals surface area (Å²) in [7, 11) is 2.95. The number of carbonyl (C=O) groups excluding carboxylic acids is 2. The minimum absolute atomic E-state index is 0.0106. The van der Waals surface area contributed by atoms with Crippen LogP contribution in [0, 0.1) is 0 Å². The van der Waals surface area contributed by atoms with Gasteiger partial charge in [0, 0.05) is 13.7 Å². The third kappa shape index (κ3) is 6.23. The summed E-state index contributed by atoms with van der Waals surface area (Å²) in [5.41, 5.74) is 2.86. The van der Waals surface area contributed by atoms with Gasteiger partial charge in [0.2, 0.25) is 11.8 Å². The Morgan fingerprint density at radius 2 is 2.09 bits per heavy atom. The topological polar surface area (TPSA) is 109 Å². The van der Waals surface area contributed by atoms with Crippen molar-refractivity contribution in [2.75, 3.05) is 27.4 Å². The lowest BCUT2D eigenvalue weighted by atomic mass is 10.2. The molecule has 0 saturated heterocycles. The number of carbonyl (C=O) groups is 2. The van der Waals surface area contributed by atoms with E-state index in [2.05, 4.69) is 15.8 Å². The molecule has 1 aromatic carbocycles. The fraction of sp³-hybridized carbons (Fsp3) is 0.357. The van der Waals surface area contributed by atoms with Crippen molar-refractivity contribution >= 4 is 18.0 Å². The maximum atomic E-state index is 11.5. The molecule has 0 bridgehead atoms. The second-order valence-corrected chi connectivity index (χ2v) is 4.24. The van der Waals surface area contributed by atoms with Crippen molar-refractivity contribution in [1.82, 2.24) is 10.7 Å². The van der Waals surface area contributed by atoms with E-state index in [-0.39, 0.29) is 12.2 Å². The van der Waals surface area contributed by atoms with Crippen LogP contribution >= 0.6 is 0 Å². The zero-order valence-electron chi connectivity index (χ0n) is 12.5. The molecule has 0 aliphatic carbocycles. The Hall–Kier alpha value is -2.61. The lowest BCUT2D eigenvalue weighted by Gasteiger charge is -2.04. The van der Waals surface area contributed by atoms with Gasteiger partial charge in [-0.15, -0.1) is 0 Å². The van der Waals surface area contributed by atoms with E-state index in [0.717, 1.165) is 0 Å². The van der Waals surface area contributed by atoms with Gasteiger partial charge in [-0.1, -0.05) is 0 Å². The van der Waals surface area contributed by atoms with Crippen LogP contribution in [0.4, 0.5) is 0 Å². The molecule has 0 heterocycles. The smallest absolute Gasteiger partial charge is 0.249 e. The maximum Gasteiger partial charge on any atom is 0.249 e. The predicted octanol–water partition coefficient (Wildman–Crippen LogP) is 0.00360. The molecule has 22 heavy (non-hydrogen) atoms. The third-order valence-corrected chi connectivity index (χ3v) is 2.56. The number of rotatable bonds is 8. The Kier molecular flexibility index (Phi) is 7.41. The van der Waals surface area contributed by atoms with Crippen LogP contribution in [0.2, 0.25) is 0 Å². The zero-order valence-corrected chi connectivity index (χ0v) is 12.5. The van der Waals surface area contributed by atoms with Crippen molar-refractivity contribution in [1.29, 1.82) is 0 Å². The van der Waals surface area contributed by atoms with Crippen LogP contribution in [0.1, 0.15) is 12.0 Å². The highest BCUT2D eigenvalue weighted by molar-refractivity contribution is 5.97. The van der Waals surface area contributed by atoms with Crippen molar-refractivity contribution in [3.05, 3.63) is 23.8 Å². The van der Waals surface area contributed by atoms with Crippen molar-refractivity contribution < 1.29 is 24.2 Å². The van der Waals surface area contributed by atoms with Gasteiger partial charge in [-0.2, -0.15) is 5.10 Å². The molecular weight excluding hydrogens is 290 g/mol. The van der Waals surface area contributed by atoms with Crippen LogP contribution in [-0.2, 0) is 14.3 Å². The van der Waals surface area contributed by atoms with E-state index in [1.807, 2.05) is 0 Å². The van der Waals surface area contributed by atoms with Crippen LogP contribution in [0.5, 0.6) is 11.5 Å². The zero-order chi connectivity index (χ0) is 16.4. The molecule has 0 aliphatic heterocycles. The second-order valence-electron chi connectivity index (χ2n) is 4.24. The molecule has 0 saturated carbocycles. The molecule has 0 aliphatic rings. The normalized spacial score (nSPS) is 10.5. The number of phenolic OH excluding ortho intramolecular Hbond substituents is 1. The highest BCUT2D eigenvalue weighted by Crippen LogP contribution is 2.25. The highest BCUT2D eigenvalue weighted by atomic mass is 16.5. The van der Waals surface area contributed by atoms with Gasteiger partial charge in [0.05, 0.1) is 19.9 Å². The molecule has 8 nitrogen and oxygen atoms in total. The number of ether oxygens (including phenoxy) is 2. The Bertz CT molecular complexity index is 545. The minimum atomic E-state index is -0.531. The molecule has 8 heteroatoms. The molecule has 1 aromatic rings. The summed E-state index contributed by atoms with van der Waals surface area (Å²) in [5.74, 6) is -0.628. The Morgan fingerprint density at radius 1 is 1.32 bits per heavy atom. The minimum Gasteiger partial charge on any atom is -0.504 e. The average molecular weight is 309 g/mol. The van der Waals surface area contributed by atoms with E-state index < -0.39 is 11.8 Å². The molecule has 0 fully saturated rings. The number of hydrazone groups is 1. The highest BCUT2D eigenvalue weighted by Gasteiger charge is 2.07. The molecule has 2 amide bonds. The van der Waals surface area contributed by atoms with Gasteiger partial charge in [0.15, 0.2) is 11.5 Å². The molecule has 0 unspecified atom stereocenters. The summed E-state index contributed by atoms with van der Waals surface area (Å²) in [6.45, 7) is 0.730. The summed E-state index contributed by atoms with van der Waals surface area (Å²) >= 11 is 0. The first-order chi connectivity index (χ1) is 10.6. The fourth-order valence-electron chi connectivity index (χ4n) is 1.49. The van der Waals surface area contributed by atoms with Gasteiger partial charge in [-0.3, -0.25) is 9.59 Å². The largest absolute Gasteiger partial charge is 0.504 e. The lowest BCUT2D eigenvalue weighted by Crippen LogP contribution is -2.31. The summed E-state index contributed by atoms with van der Waals surface area (Å²) in [5, 5.41) is 15.7. The Morgan fingerprint density at radius 3 is 2.77 bits per heavy atom. The Labute approximate surface area is 128 Å². The number of amides is 2. The van der Waals surface area contributed by atoms with Gasteiger partial charge in [-0.25, -0.2) is 5.43 Å². The molecule has 0 spiro atoms. The lowest BCUT2D eigenvalue weighted by molar-refractivity contribution is -0.129. The molecule has 1 rings (SSSR count). The van der Waals surface area contributed by atoms with E-state index in [0.29, 0.717) is 24.5 Å². The maximum absolute atomic E-state index is 11.5. The van der Waals surface area contributed by atoms with Crippen LogP contribution < -0.4 is 15.5 Å². The third-order valence-electron chi connectivity index (χ3n) is 2.56. The number of hydrogen-bond donors (Lipinski definition) is 3. The van der Waals surface area contributed by atoms with Crippen molar-refractivity contribution in [2.24, 2.45) is 5.10 Å². The quantitative estimate of drug-likeness (QED) is 0.271. The number of phenols is 1. The van der Waals surface area contributed by atoms with Crippen molar-refractivity contribution in [3.63, 3.8) is 0 Å². The Balaban J connectivity index is 2.41. The number of aromatic hydroxyl groups is 1. The summed E-state index contributed by atoms with van der Waals surface area (Å²) in [6.07, 6.45) is 1.06. The number of nitrogens with zero attached hydrogens (tertiary/aromatic N) is 1. The van der Waals surface area contributed by atoms with E-state index in [1.54, 1.807) is 12.1 Å². The van der Waals surface area contributed by atoms with Gasteiger partial charge >= 0.3 is 0 Å². The van der Waals surface area contributed by atoms with Crippen LogP contribution in [-0.4, -0.2) is 50.5 Å². The predicted molar refractivity (Wildman–Crippen MR) is 79.9 cm³/mol. The van der Waals surface area contributed by atoms with Gasteiger partial charge in [0.1, 0.15) is 6.42 Å². The second kappa shape index (κ2) is 9.35. The van der Waals surface area contributed by atoms with Gasteiger partial charge < -0.3 is 19.9 Å². The summed E-state index contributed by atoms with van der Waals surface area (Å²) in [4.78, 5) is 22.8. The van der Waals surface area contributed by atoms with E-state index >= 15 is 0 Å². The van der Waals surface area contributed by atoms with Crippen LogP contribution in [0.3, 0.4) is 0 Å². The van der Waals surface area contributed by atoms with Crippen LogP contribution in [0.25, 0.3) is 0 Å². The molecular formula is C14H19N3O5. The van der Waals surface area contributed by atoms with E-state index in [1.165, 1.54) is 26.5 Å². The van der Waals surface area contributed by atoms with Crippen LogP contribution in [0.15, 0.2) is 23.3 Å². The SMILES string of the molecule is COCCNC(=O)CC(=O)NN=Cc1ccc(O)c(OC)c1. The molecule has 0 atom stereocenters. The number of nitrogens with one attached hydrogen (secondary N) is 2. The standard InChI is InChI=1S/C14H19N3O5/c1-21-6-5-15-13(19)8-14(20)17-16-9-10-3-4-11(18)12(7-10)22-2/h3-4,7,9,18H,5-6,8H2,1-2H3,(H,15,19)(H,17,20). The van der Waals surface area contributed by atoms with Crippen molar-refractivity contribution in [3.8, 4) is 11.5 Å². The molecule has 0 radical (unpaired) electrons. The summed E-state index contributed by atoms with van der Waals surface area (Å²) < 4.78 is 9.72. The molecule has 0 aromatic heterocycles. The summed E-state index contributed by atoms with van der Waals surface area (Å²) in [6, 6.07) is 4.61. The monoisotopic (exact) mass is 309 g/mol.